The molecule has 22 heavy (non-hydrogen) atoms. The second-order valence-electron chi connectivity index (χ2n) is 5.07. The fraction of sp³-hybridized carbons (Fsp3) is 0.167. The SMILES string of the molecule is Cc1cccc(OCCNC(=O)c2cc3ccccc3o2)c1. The van der Waals surface area contributed by atoms with Gasteiger partial charge in [-0.1, -0.05) is 30.3 Å². The van der Waals surface area contributed by atoms with Gasteiger partial charge in [0.25, 0.3) is 5.91 Å². The summed E-state index contributed by atoms with van der Waals surface area (Å²) < 4.78 is 11.1. The summed E-state index contributed by atoms with van der Waals surface area (Å²) in [7, 11) is 0. The Kier molecular flexibility index (Phi) is 4.10. The van der Waals surface area contributed by atoms with E-state index in [9.17, 15) is 4.79 Å². The van der Waals surface area contributed by atoms with Crippen LogP contribution in [-0.2, 0) is 0 Å². The lowest BCUT2D eigenvalue weighted by molar-refractivity contribution is 0.0921. The van der Waals surface area contributed by atoms with Crippen LogP contribution >= 0.6 is 0 Å². The van der Waals surface area contributed by atoms with Crippen LogP contribution in [0, 0.1) is 6.92 Å². The molecule has 0 atom stereocenters. The Morgan fingerprint density at radius 2 is 2.00 bits per heavy atom. The zero-order valence-corrected chi connectivity index (χ0v) is 12.3. The maximum Gasteiger partial charge on any atom is 0.287 e. The van der Waals surface area contributed by atoms with Crippen LogP contribution in [0.3, 0.4) is 0 Å². The molecule has 112 valence electrons. The van der Waals surface area contributed by atoms with Crippen LogP contribution in [-0.4, -0.2) is 19.1 Å². The van der Waals surface area contributed by atoms with Crippen LogP contribution in [0.2, 0.25) is 0 Å². The lowest BCUT2D eigenvalue weighted by Gasteiger charge is -2.07. The van der Waals surface area contributed by atoms with Crippen molar-refractivity contribution in [3.05, 3.63) is 65.9 Å². The number of benzene rings is 2. The van der Waals surface area contributed by atoms with Gasteiger partial charge in [0.15, 0.2) is 5.76 Å². The molecular formula is C18H17NO3. The lowest BCUT2D eigenvalue weighted by atomic mass is 10.2. The summed E-state index contributed by atoms with van der Waals surface area (Å²) in [6.45, 7) is 2.84. The first kappa shape index (κ1) is 14.2. The standard InChI is InChI=1S/C18H17NO3/c1-13-5-4-7-15(11-13)21-10-9-19-18(20)17-12-14-6-2-3-8-16(14)22-17/h2-8,11-12H,9-10H2,1H3,(H,19,20). The van der Waals surface area contributed by atoms with Crippen molar-refractivity contribution in [2.45, 2.75) is 6.92 Å². The Morgan fingerprint density at radius 1 is 1.14 bits per heavy atom. The molecule has 1 heterocycles. The van der Waals surface area contributed by atoms with Crippen molar-refractivity contribution >= 4 is 16.9 Å². The zero-order chi connectivity index (χ0) is 15.4. The molecule has 0 aliphatic heterocycles. The quantitative estimate of drug-likeness (QED) is 0.732. The van der Waals surface area contributed by atoms with E-state index in [1.54, 1.807) is 6.07 Å². The van der Waals surface area contributed by atoms with E-state index in [0.29, 0.717) is 24.5 Å². The summed E-state index contributed by atoms with van der Waals surface area (Å²) in [5.74, 6) is 0.888. The third-order valence-electron chi connectivity index (χ3n) is 3.30. The first-order valence-corrected chi connectivity index (χ1v) is 7.18. The topological polar surface area (TPSA) is 51.5 Å². The van der Waals surface area contributed by atoms with Gasteiger partial charge in [0.1, 0.15) is 17.9 Å². The van der Waals surface area contributed by atoms with Crippen LogP contribution < -0.4 is 10.1 Å². The highest BCUT2D eigenvalue weighted by Crippen LogP contribution is 2.18. The minimum atomic E-state index is -0.232. The largest absolute Gasteiger partial charge is 0.492 e. The van der Waals surface area contributed by atoms with Crippen molar-refractivity contribution in [3.8, 4) is 5.75 Å². The molecule has 0 aliphatic rings. The molecule has 1 amide bonds. The number of carbonyl (C=O) groups excluding carboxylic acids is 1. The molecule has 0 fully saturated rings. The molecule has 0 radical (unpaired) electrons. The number of rotatable bonds is 5. The molecule has 0 bridgehead atoms. The van der Waals surface area contributed by atoms with Crippen LogP contribution in [0.5, 0.6) is 5.75 Å². The van der Waals surface area contributed by atoms with E-state index in [2.05, 4.69) is 5.32 Å². The average Bonchev–Trinajstić information content (AvgIpc) is 2.95. The Bertz CT molecular complexity index is 759. The highest BCUT2D eigenvalue weighted by Gasteiger charge is 2.11. The van der Waals surface area contributed by atoms with Gasteiger partial charge in [-0.25, -0.2) is 0 Å². The number of hydrogen-bond donors (Lipinski definition) is 1. The summed E-state index contributed by atoms with van der Waals surface area (Å²) in [5.41, 5.74) is 1.85. The van der Waals surface area contributed by atoms with Gasteiger partial charge in [0.2, 0.25) is 0 Å². The van der Waals surface area contributed by atoms with Crippen molar-refractivity contribution in [3.63, 3.8) is 0 Å². The number of aryl methyl sites for hydroxylation is 1. The predicted octanol–water partition coefficient (Wildman–Crippen LogP) is 3.55. The molecular weight excluding hydrogens is 278 g/mol. The minimum absolute atomic E-state index is 0.232. The third kappa shape index (κ3) is 3.28. The number of para-hydroxylation sites is 1. The number of carbonyl (C=O) groups is 1. The Hall–Kier alpha value is -2.75. The highest BCUT2D eigenvalue weighted by atomic mass is 16.5. The van der Waals surface area contributed by atoms with Gasteiger partial charge in [0, 0.05) is 5.39 Å². The Morgan fingerprint density at radius 3 is 2.82 bits per heavy atom. The first-order chi connectivity index (χ1) is 10.7. The average molecular weight is 295 g/mol. The molecule has 0 saturated carbocycles. The van der Waals surface area contributed by atoms with Gasteiger partial charge >= 0.3 is 0 Å². The van der Waals surface area contributed by atoms with Gasteiger partial charge < -0.3 is 14.5 Å². The predicted molar refractivity (Wildman–Crippen MR) is 85.2 cm³/mol. The van der Waals surface area contributed by atoms with Crippen LogP contribution in [0.15, 0.2) is 59.0 Å². The van der Waals surface area contributed by atoms with Gasteiger partial charge in [-0.15, -0.1) is 0 Å². The van der Waals surface area contributed by atoms with E-state index in [0.717, 1.165) is 16.7 Å². The van der Waals surface area contributed by atoms with Crippen molar-refractivity contribution in [1.82, 2.24) is 5.32 Å². The van der Waals surface area contributed by atoms with Crippen LogP contribution in [0.25, 0.3) is 11.0 Å². The van der Waals surface area contributed by atoms with Gasteiger partial charge in [-0.2, -0.15) is 0 Å². The van der Waals surface area contributed by atoms with Gasteiger partial charge in [0.05, 0.1) is 6.54 Å². The first-order valence-electron chi connectivity index (χ1n) is 7.18. The number of nitrogens with one attached hydrogen (secondary N) is 1. The summed E-state index contributed by atoms with van der Waals surface area (Å²) in [6.07, 6.45) is 0. The normalized spacial score (nSPS) is 10.6. The van der Waals surface area contributed by atoms with Crippen LogP contribution in [0.4, 0.5) is 0 Å². The number of fused-ring (bicyclic) bond motifs is 1. The van der Waals surface area contributed by atoms with Gasteiger partial charge in [-0.3, -0.25) is 4.79 Å². The molecule has 4 heteroatoms. The van der Waals surface area contributed by atoms with E-state index in [1.807, 2.05) is 55.5 Å². The monoisotopic (exact) mass is 295 g/mol. The highest BCUT2D eigenvalue weighted by molar-refractivity contribution is 5.96. The number of ether oxygens (including phenoxy) is 1. The molecule has 2 aromatic carbocycles. The number of furan rings is 1. The van der Waals surface area contributed by atoms with E-state index in [-0.39, 0.29) is 5.91 Å². The van der Waals surface area contributed by atoms with E-state index in [4.69, 9.17) is 9.15 Å². The smallest absolute Gasteiger partial charge is 0.287 e. The lowest BCUT2D eigenvalue weighted by Crippen LogP contribution is -2.27. The van der Waals surface area contributed by atoms with E-state index in [1.165, 1.54) is 0 Å². The number of hydrogen-bond acceptors (Lipinski definition) is 3. The number of amides is 1. The molecule has 0 aliphatic carbocycles. The van der Waals surface area contributed by atoms with Gasteiger partial charge in [-0.05, 0) is 36.8 Å². The summed E-state index contributed by atoms with van der Waals surface area (Å²) in [4.78, 5) is 12.0. The minimum Gasteiger partial charge on any atom is -0.492 e. The molecule has 0 spiro atoms. The summed E-state index contributed by atoms with van der Waals surface area (Å²) in [5, 5.41) is 3.71. The summed E-state index contributed by atoms with van der Waals surface area (Å²) >= 11 is 0. The molecule has 4 nitrogen and oxygen atoms in total. The van der Waals surface area contributed by atoms with Crippen molar-refractivity contribution in [2.75, 3.05) is 13.2 Å². The maximum atomic E-state index is 12.0. The fourth-order valence-electron chi connectivity index (χ4n) is 2.22. The molecule has 3 rings (SSSR count). The zero-order valence-electron chi connectivity index (χ0n) is 12.3. The molecule has 3 aromatic rings. The molecule has 1 aromatic heterocycles. The second kappa shape index (κ2) is 6.35. The van der Waals surface area contributed by atoms with E-state index < -0.39 is 0 Å². The second-order valence-corrected chi connectivity index (χ2v) is 5.07. The Labute approximate surface area is 128 Å². The fourth-order valence-corrected chi connectivity index (χ4v) is 2.22. The van der Waals surface area contributed by atoms with Crippen molar-refractivity contribution in [2.24, 2.45) is 0 Å². The van der Waals surface area contributed by atoms with E-state index >= 15 is 0 Å². The Balaban J connectivity index is 1.52. The van der Waals surface area contributed by atoms with Crippen molar-refractivity contribution in [1.29, 1.82) is 0 Å². The third-order valence-corrected chi connectivity index (χ3v) is 3.30. The van der Waals surface area contributed by atoms with Crippen molar-refractivity contribution < 1.29 is 13.9 Å². The maximum absolute atomic E-state index is 12.0. The summed E-state index contributed by atoms with van der Waals surface area (Å²) in [6, 6.07) is 17.1. The molecule has 1 N–H and O–H groups in total. The molecule has 0 unspecified atom stereocenters. The van der Waals surface area contributed by atoms with Crippen LogP contribution in [0.1, 0.15) is 16.1 Å². The molecule has 0 saturated heterocycles.